The molecule has 0 unspecified atom stereocenters. The van der Waals surface area contributed by atoms with Crippen LogP contribution in [0.1, 0.15) is 17.5 Å². The third-order valence-electron chi connectivity index (χ3n) is 1.44. The molecule has 0 bridgehead atoms. The van der Waals surface area contributed by atoms with Gasteiger partial charge in [0.1, 0.15) is 5.82 Å². The van der Waals surface area contributed by atoms with Crippen LogP contribution >= 0.6 is 0 Å². The standard InChI is InChI=1S/C11H8FN/c1-9-6-10(4-2-3-5-13)8-11(12)7-9/h6-8H,3H2,1H3. The van der Waals surface area contributed by atoms with Gasteiger partial charge in [-0.2, -0.15) is 5.26 Å². The molecule has 2 heteroatoms. The Balaban J connectivity index is 2.92. The van der Waals surface area contributed by atoms with E-state index < -0.39 is 0 Å². The number of nitriles is 1. The smallest absolute Gasteiger partial charge is 0.124 e. The second-order valence-corrected chi connectivity index (χ2v) is 2.65. The Morgan fingerprint density at radius 1 is 1.38 bits per heavy atom. The van der Waals surface area contributed by atoms with Crippen LogP contribution in [-0.2, 0) is 0 Å². The van der Waals surface area contributed by atoms with Gasteiger partial charge in [0.25, 0.3) is 0 Å². The average molecular weight is 173 g/mol. The first-order chi connectivity index (χ1) is 6.22. The summed E-state index contributed by atoms with van der Waals surface area (Å²) in [7, 11) is 0. The zero-order valence-electron chi connectivity index (χ0n) is 7.26. The summed E-state index contributed by atoms with van der Waals surface area (Å²) < 4.78 is 12.8. The van der Waals surface area contributed by atoms with E-state index in [9.17, 15) is 4.39 Å². The maximum absolute atomic E-state index is 12.8. The van der Waals surface area contributed by atoms with Crippen LogP contribution in [0.4, 0.5) is 4.39 Å². The molecule has 0 atom stereocenters. The van der Waals surface area contributed by atoms with Crippen LogP contribution in [0, 0.1) is 35.9 Å². The van der Waals surface area contributed by atoms with Gasteiger partial charge in [0.15, 0.2) is 0 Å². The van der Waals surface area contributed by atoms with E-state index in [0.29, 0.717) is 5.56 Å². The SMILES string of the molecule is Cc1cc(F)cc(C#CCC#N)c1. The Labute approximate surface area is 76.8 Å². The maximum atomic E-state index is 12.8. The van der Waals surface area contributed by atoms with Crippen molar-refractivity contribution in [3.8, 4) is 17.9 Å². The Morgan fingerprint density at radius 3 is 2.77 bits per heavy atom. The molecule has 64 valence electrons. The van der Waals surface area contributed by atoms with E-state index in [2.05, 4.69) is 11.8 Å². The van der Waals surface area contributed by atoms with E-state index in [1.807, 2.05) is 6.07 Å². The van der Waals surface area contributed by atoms with Gasteiger partial charge in [0.05, 0.1) is 12.5 Å². The number of hydrogen-bond acceptors (Lipinski definition) is 1. The zero-order chi connectivity index (χ0) is 9.68. The van der Waals surface area contributed by atoms with E-state index in [4.69, 9.17) is 5.26 Å². The van der Waals surface area contributed by atoms with Gasteiger partial charge >= 0.3 is 0 Å². The molecule has 0 aliphatic rings. The number of aryl methyl sites for hydroxylation is 1. The Kier molecular flexibility index (Phi) is 3.06. The first-order valence-corrected chi connectivity index (χ1v) is 3.85. The summed E-state index contributed by atoms with van der Waals surface area (Å²) in [5.74, 6) is 5.05. The Morgan fingerprint density at radius 2 is 2.15 bits per heavy atom. The first-order valence-electron chi connectivity index (χ1n) is 3.85. The second-order valence-electron chi connectivity index (χ2n) is 2.65. The third-order valence-corrected chi connectivity index (χ3v) is 1.44. The number of rotatable bonds is 0. The van der Waals surface area contributed by atoms with Gasteiger partial charge < -0.3 is 0 Å². The highest BCUT2D eigenvalue weighted by atomic mass is 19.1. The van der Waals surface area contributed by atoms with Crippen molar-refractivity contribution >= 4 is 0 Å². The van der Waals surface area contributed by atoms with E-state index in [1.54, 1.807) is 13.0 Å². The van der Waals surface area contributed by atoms with Crippen molar-refractivity contribution in [2.45, 2.75) is 13.3 Å². The summed E-state index contributed by atoms with van der Waals surface area (Å²) in [4.78, 5) is 0. The summed E-state index contributed by atoms with van der Waals surface area (Å²) in [6.07, 6.45) is 0.176. The minimum absolute atomic E-state index is 0.176. The van der Waals surface area contributed by atoms with Gasteiger partial charge in [-0.05, 0) is 30.7 Å². The van der Waals surface area contributed by atoms with Crippen molar-refractivity contribution in [2.24, 2.45) is 0 Å². The number of benzene rings is 1. The fourth-order valence-corrected chi connectivity index (χ4v) is 0.994. The Hall–Kier alpha value is -1.80. The van der Waals surface area contributed by atoms with Crippen molar-refractivity contribution in [1.82, 2.24) is 0 Å². The van der Waals surface area contributed by atoms with Crippen molar-refractivity contribution in [1.29, 1.82) is 5.26 Å². The lowest BCUT2D eigenvalue weighted by molar-refractivity contribution is 0.626. The molecule has 1 aromatic rings. The molecule has 0 amide bonds. The summed E-state index contributed by atoms with van der Waals surface area (Å²) in [6, 6.07) is 6.48. The predicted octanol–water partition coefficient (Wildman–Crippen LogP) is 2.40. The van der Waals surface area contributed by atoms with Crippen LogP contribution in [0.5, 0.6) is 0 Å². The molecule has 0 heterocycles. The van der Waals surface area contributed by atoms with E-state index in [-0.39, 0.29) is 12.2 Å². The Bertz CT molecular complexity index is 384. The number of halogens is 1. The molecule has 1 rings (SSSR count). The topological polar surface area (TPSA) is 23.8 Å². The maximum Gasteiger partial charge on any atom is 0.124 e. The molecule has 1 nitrogen and oxygen atoms in total. The molecule has 0 fully saturated rings. The van der Waals surface area contributed by atoms with Crippen LogP contribution < -0.4 is 0 Å². The van der Waals surface area contributed by atoms with E-state index in [0.717, 1.165) is 5.56 Å². The van der Waals surface area contributed by atoms with Gasteiger partial charge in [-0.1, -0.05) is 11.8 Å². The molecule has 0 radical (unpaired) electrons. The zero-order valence-corrected chi connectivity index (χ0v) is 7.26. The van der Waals surface area contributed by atoms with Gasteiger partial charge in [0, 0.05) is 5.56 Å². The van der Waals surface area contributed by atoms with Crippen LogP contribution in [0.15, 0.2) is 18.2 Å². The molecule has 0 spiro atoms. The summed E-state index contributed by atoms with van der Waals surface area (Å²) >= 11 is 0. The van der Waals surface area contributed by atoms with Crippen molar-refractivity contribution < 1.29 is 4.39 Å². The quantitative estimate of drug-likeness (QED) is 0.552. The summed E-state index contributed by atoms with van der Waals surface area (Å²) in [6.45, 7) is 1.80. The normalized spacial score (nSPS) is 8.38. The molecular formula is C11H8FN. The lowest BCUT2D eigenvalue weighted by Gasteiger charge is -1.94. The minimum Gasteiger partial charge on any atom is -0.207 e. The van der Waals surface area contributed by atoms with Crippen LogP contribution in [-0.4, -0.2) is 0 Å². The van der Waals surface area contributed by atoms with E-state index >= 15 is 0 Å². The third kappa shape index (κ3) is 2.97. The molecule has 0 saturated heterocycles. The molecule has 0 saturated carbocycles. The molecule has 0 aliphatic heterocycles. The van der Waals surface area contributed by atoms with Crippen LogP contribution in [0.25, 0.3) is 0 Å². The minimum atomic E-state index is -0.291. The lowest BCUT2D eigenvalue weighted by Crippen LogP contribution is -1.81. The highest BCUT2D eigenvalue weighted by Crippen LogP contribution is 2.06. The fourth-order valence-electron chi connectivity index (χ4n) is 0.994. The van der Waals surface area contributed by atoms with Crippen LogP contribution in [0.3, 0.4) is 0 Å². The van der Waals surface area contributed by atoms with Gasteiger partial charge in [-0.3, -0.25) is 0 Å². The highest BCUT2D eigenvalue weighted by Gasteiger charge is 1.93. The van der Waals surface area contributed by atoms with Crippen LogP contribution in [0.2, 0.25) is 0 Å². The summed E-state index contributed by atoms with van der Waals surface area (Å²) in [5.41, 5.74) is 1.45. The van der Waals surface area contributed by atoms with Crippen molar-refractivity contribution in [2.75, 3.05) is 0 Å². The predicted molar refractivity (Wildman–Crippen MR) is 48.2 cm³/mol. The monoisotopic (exact) mass is 173 g/mol. The summed E-state index contributed by atoms with van der Waals surface area (Å²) in [5, 5.41) is 8.23. The first kappa shape index (κ1) is 9.29. The van der Waals surface area contributed by atoms with Crippen molar-refractivity contribution in [3.05, 3.63) is 35.1 Å². The highest BCUT2D eigenvalue weighted by molar-refractivity contribution is 5.37. The molecule has 0 aromatic heterocycles. The van der Waals surface area contributed by atoms with Gasteiger partial charge in [0.2, 0.25) is 0 Å². The fraction of sp³-hybridized carbons (Fsp3) is 0.182. The second kappa shape index (κ2) is 4.28. The molecule has 0 aliphatic carbocycles. The van der Waals surface area contributed by atoms with Gasteiger partial charge in [-0.25, -0.2) is 4.39 Å². The van der Waals surface area contributed by atoms with E-state index in [1.165, 1.54) is 12.1 Å². The molecule has 13 heavy (non-hydrogen) atoms. The largest absolute Gasteiger partial charge is 0.207 e. The molecule has 1 aromatic carbocycles. The van der Waals surface area contributed by atoms with Gasteiger partial charge in [-0.15, -0.1) is 0 Å². The lowest BCUT2D eigenvalue weighted by atomic mass is 10.1. The average Bonchev–Trinajstić information content (AvgIpc) is 2.03. The van der Waals surface area contributed by atoms with Crippen molar-refractivity contribution in [3.63, 3.8) is 0 Å². The molecular weight excluding hydrogens is 165 g/mol. The number of nitrogens with zero attached hydrogens (tertiary/aromatic N) is 1. The molecule has 0 N–H and O–H groups in total. The number of hydrogen-bond donors (Lipinski definition) is 0.